The van der Waals surface area contributed by atoms with Crippen LogP contribution in [0.5, 0.6) is 0 Å². The third-order valence-corrected chi connectivity index (χ3v) is 3.15. The Balaban J connectivity index is 2.70. The number of likely N-dealkylation sites (tertiary alicyclic amines) is 1. The molecule has 1 saturated heterocycles. The Kier molecular flexibility index (Phi) is 4.97. The maximum atomic E-state index is 11.9. The number of carbonyl (C=O) groups is 3. The van der Waals surface area contributed by atoms with Crippen molar-refractivity contribution in [3.05, 3.63) is 0 Å². The standard InChI is InChI=1S/C10H16N2O5S/c1-5(13)12-3-6(14)2-8(12)9(15)11-7(4-18)10(16)17/h6-8,14,18H,2-4H2,1H3,(H,11,15)(H,16,17)/t6?,7-,8-/m0/s1. The van der Waals surface area contributed by atoms with Crippen LogP contribution in [0.3, 0.4) is 0 Å². The Morgan fingerprint density at radius 3 is 2.56 bits per heavy atom. The van der Waals surface area contributed by atoms with Gasteiger partial charge in [-0.3, -0.25) is 9.59 Å². The first kappa shape index (κ1) is 14.8. The molecule has 0 aromatic carbocycles. The fourth-order valence-corrected chi connectivity index (χ4v) is 2.11. The van der Waals surface area contributed by atoms with Crippen LogP contribution in [0, 0.1) is 0 Å². The van der Waals surface area contributed by atoms with Crippen molar-refractivity contribution >= 4 is 30.4 Å². The van der Waals surface area contributed by atoms with Gasteiger partial charge in [0.25, 0.3) is 0 Å². The second kappa shape index (κ2) is 6.05. The van der Waals surface area contributed by atoms with Crippen molar-refractivity contribution < 1.29 is 24.6 Å². The van der Waals surface area contributed by atoms with Gasteiger partial charge in [-0.25, -0.2) is 4.79 Å². The first-order chi connectivity index (χ1) is 8.36. The molecule has 8 heteroatoms. The highest BCUT2D eigenvalue weighted by Crippen LogP contribution is 2.18. The number of hydrogen-bond donors (Lipinski definition) is 4. The van der Waals surface area contributed by atoms with Crippen LogP contribution in [0.25, 0.3) is 0 Å². The van der Waals surface area contributed by atoms with Crippen molar-refractivity contribution in [3.63, 3.8) is 0 Å². The molecule has 0 bridgehead atoms. The van der Waals surface area contributed by atoms with Crippen LogP contribution in [0.4, 0.5) is 0 Å². The van der Waals surface area contributed by atoms with Gasteiger partial charge in [0.1, 0.15) is 12.1 Å². The molecule has 0 aromatic heterocycles. The van der Waals surface area contributed by atoms with Gasteiger partial charge in [0.2, 0.25) is 11.8 Å². The van der Waals surface area contributed by atoms with Crippen molar-refractivity contribution in [3.8, 4) is 0 Å². The Hall–Kier alpha value is -1.28. The maximum Gasteiger partial charge on any atom is 0.327 e. The number of nitrogens with zero attached hydrogens (tertiary/aromatic N) is 1. The summed E-state index contributed by atoms with van der Waals surface area (Å²) in [4.78, 5) is 35.2. The highest BCUT2D eigenvalue weighted by Gasteiger charge is 2.38. The minimum Gasteiger partial charge on any atom is -0.480 e. The molecule has 1 heterocycles. The molecule has 0 saturated carbocycles. The zero-order valence-corrected chi connectivity index (χ0v) is 10.8. The Labute approximate surface area is 110 Å². The highest BCUT2D eigenvalue weighted by molar-refractivity contribution is 7.80. The molecule has 7 nitrogen and oxygen atoms in total. The largest absolute Gasteiger partial charge is 0.480 e. The maximum absolute atomic E-state index is 11.9. The van der Waals surface area contributed by atoms with Gasteiger partial charge in [-0.15, -0.1) is 0 Å². The molecular weight excluding hydrogens is 260 g/mol. The molecule has 1 unspecified atom stereocenters. The molecule has 3 atom stereocenters. The van der Waals surface area contributed by atoms with Crippen LogP contribution in [0.1, 0.15) is 13.3 Å². The summed E-state index contributed by atoms with van der Waals surface area (Å²) >= 11 is 3.83. The van der Waals surface area contributed by atoms with Crippen molar-refractivity contribution in [2.75, 3.05) is 12.3 Å². The number of aliphatic carboxylic acids is 1. The van der Waals surface area contributed by atoms with Gasteiger partial charge >= 0.3 is 5.97 Å². The molecular formula is C10H16N2O5S. The first-order valence-electron chi connectivity index (χ1n) is 5.46. The van der Waals surface area contributed by atoms with E-state index in [9.17, 15) is 19.5 Å². The van der Waals surface area contributed by atoms with Crippen LogP contribution >= 0.6 is 12.6 Å². The predicted molar refractivity (Wildman–Crippen MR) is 65.2 cm³/mol. The summed E-state index contributed by atoms with van der Waals surface area (Å²) in [5.74, 6) is -2.14. The van der Waals surface area contributed by atoms with Crippen LogP contribution in [-0.2, 0) is 14.4 Å². The van der Waals surface area contributed by atoms with Crippen molar-refractivity contribution in [2.24, 2.45) is 0 Å². The molecule has 0 aliphatic carbocycles. The summed E-state index contributed by atoms with van der Waals surface area (Å²) in [6.45, 7) is 1.39. The molecule has 3 N–H and O–H groups in total. The Morgan fingerprint density at radius 2 is 2.11 bits per heavy atom. The molecule has 1 rings (SSSR count). The number of nitrogens with one attached hydrogen (secondary N) is 1. The molecule has 1 aliphatic heterocycles. The number of aliphatic hydroxyl groups excluding tert-OH is 1. The number of hydrogen-bond acceptors (Lipinski definition) is 5. The zero-order valence-electron chi connectivity index (χ0n) is 9.87. The van der Waals surface area contributed by atoms with Crippen molar-refractivity contribution in [2.45, 2.75) is 31.5 Å². The average Bonchev–Trinajstić information content (AvgIpc) is 2.67. The number of β-amino-alcohol motifs (C(OH)–C–C–N with tert-alkyl or cyclic N) is 1. The Bertz CT molecular complexity index is 362. The smallest absolute Gasteiger partial charge is 0.327 e. The number of carbonyl (C=O) groups excluding carboxylic acids is 2. The number of carboxylic acids is 1. The molecule has 1 aliphatic rings. The van der Waals surface area contributed by atoms with E-state index in [0.29, 0.717) is 0 Å². The molecule has 0 spiro atoms. The van der Waals surface area contributed by atoms with E-state index in [2.05, 4.69) is 17.9 Å². The van der Waals surface area contributed by atoms with Crippen LogP contribution < -0.4 is 5.32 Å². The van der Waals surface area contributed by atoms with Gasteiger partial charge in [0, 0.05) is 25.6 Å². The summed E-state index contributed by atoms with van der Waals surface area (Å²) in [6.07, 6.45) is -0.645. The van der Waals surface area contributed by atoms with E-state index in [1.807, 2.05) is 0 Å². The predicted octanol–water partition coefficient (Wildman–Crippen LogP) is -1.53. The minimum atomic E-state index is -1.19. The summed E-state index contributed by atoms with van der Waals surface area (Å²) in [6, 6.07) is -1.92. The molecule has 18 heavy (non-hydrogen) atoms. The van der Waals surface area contributed by atoms with E-state index >= 15 is 0 Å². The van der Waals surface area contributed by atoms with Crippen LogP contribution in [0.2, 0.25) is 0 Å². The van der Waals surface area contributed by atoms with E-state index < -0.39 is 30.1 Å². The SMILES string of the molecule is CC(=O)N1CC(O)C[C@H]1C(=O)N[C@@H](CS)C(=O)O. The second-order valence-electron chi connectivity index (χ2n) is 4.16. The lowest BCUT2D eigenvalue weighted by molar-refractivity contribution is -0.142. The lowest BCUT2D eigenvalue weighted by Gasteiger charge is -2.23. The lowest BCUT2D eigenvalue weighted by atomic mass is 10.1. The van der Waals surface area contributed by atoms with E-state index in [-0.39, 0.29) is 24.6 Å². The second-order valence-corrected chi connectivity index (χ2v) is 4.52. The van der Waals surface area contributed by atoms with Gasteiger partial charge in [-0.05, 0) is 0 Å². The van der Waals surface area contributed by atoms with Crippen molar-refractivity contribution in [1.82, 2.24) is 10.2 Å². The summed E-state index contributed by atoms with van der Waals surface area (Å²) in [7, 11) is 0. The molecule has 2 amide bonds. The summed E-state index contributed by atoms with van der Waals surface area (Å²) in [5, 5.41) is 20.6. The molecule has 1 fully saturated rings. The topological polar surface area (TPSA) is 107 Å². The summed E-state index contributed by atoms with van der Waals surface area (Å²) in [5.41, 5.74) is 0. The summed E-state index contributed by atoms with van der Waals surface area (Å²) < 4.78 is 0. The quantitative estimate of drug-likeness (QED) is 0.466. The van der Waals surface area contributed by atoms with E-state index in [1.165, 1.54) is 11.8 Å². The lowest BCUT2D eigenvalue weighted by Crippen LogP contribution is -2.51. The third kappa shape index (κ3) is 3.36. The van der Waals surface area contributed by atoms with Gasteiger partial charge < -0.3 is 20.4 Å². The number of aliphatic hydroxyl groups is 1. The molecule has 102 valence electrons. The van der Waals surface area contributed by atoms with Gasteiger partial charge in [0.15, 0.2) is 0 Å². The fourth-order valence-electron chi connectivity index (χ4n) is 1.86. The fraction of sp³-hybridized carbons (Fsp3) is 0.700. The van der Waals surface area contributed by atoms with Gasteiger partial charge in [0.05, 0.1) is 6.10 Å². The zero-order chi connectivity index (χ0) is 13.9. The van der Waals surface area contributed by atoms with Crippen LogP contribution in [-0.4, -0.2) is 63.4 Å². The number of thiol groups is 1. The molecule has 0 aromatic rings. The monoisotopic (exact) mass is 276 g/mol. The van der Waals surface area contributed by atoms with E-state index in [4.69, 9.17) is 5.11 Å². The third-order valence-electron chi connectivity index (χ3n) is 2.78. The first-order valence-corrected chi connectivity index (χ1v) is 6.09. The van der Waals surface area contributed by atoms with Crippen LogP contribution in [0.15, 0.2) is 0 Å². The minimum absolute atomic E-state index is 0.0452. The number of carboxylic acid groups (broad SMARTS) is 1. The van der Waals surface area contributed by atoms with Gasteiger partial charge in [-0.1, -0.05) is 0 Å². The normalized spacial score (nSPS) is 24.7. The number of rotatable bonds is 4. The van der Waals surface area contributed by atoms with Crippen molar-refractivity contribution in [1.29, 1.82) is 0 Å². The van der Waals surface area contributed by atoms with E-state index in [0.717, 1.165) is 0 Å². The molecule has 0 radical (unpaired) electrons. The van der Waals surface area contributed by atoms with E-state index in [1.54, 1.807) is 0 Å². The highest BCUT2D eigenvalue weighted by atomic mass is 32.1. The average molecular weight is 276 g/mol. The number of amides is 2. The Morgan fingerprint density at radius 1 is 1.50 bits per heavy atom. The van der Waals surface area contributed by atoms with Gasteiger partial charge in [-0.2, -0.15) is 12.6 Å².